The Morgan fingerprint density at radius 3 is 1.75 bits per heavy atom. The molecule has 1 saturated heterocycles. The molecule has 0 bridgehead atoms. The van der Waals surface area contributed by atoms with Crippen molar-refractivity contribution in [2.24, 2.45) is 0 Å². The third kappa shape index (κ3) is 23.4. The molecule has 234 valence electrons. The Bertz CT molecular complexity index is 617. The molecule has 0 aromatic rings. The molecule has 4 nitrogen and oxygen atoms in total. The lowest BCUT2D eigenvalue weighted by Crippen LogP contribution is -2.24. The topological polar surface area (TPSA) is 49.8 Å². The SMILES string of the molecule is CCCCCC=CCC=CCCCCCCCC(CCCCCCCCCCCCC1CCCN1C)OC(=O)O. The number of carbonyl (C=O) groups is 1. The molecular weight excluding hydrogens is 494 g/mol. The lowest BCUT2D eigenvalue weighted by Gasteiger charge is -2.18. The largest absolute Gasteiger partial charge is 0.506 e. The Morgan fingerprint density at radius 2 is 1.25 bits per heavy atom. The third-order valence-corrected chi connectivity index (χ3v) is 8.73. The average molecular weight is 562 g/mol. The van der Waals surface area contributed by atoms with Gasteiger partial charge in [-0.3, -0.25) is 0 Å². The zero-order valence-corrected chi connectivity index (χ0v) is 26.8. The van der Waals surface area contributed by atoms with Crippen molar-refractivity contribution in [3.05, 3.63) is 24.3 Å². The number of rotatable bonds is 28. The van der Waals surface area contributed by atoms with Crippen LogP contribution in [0.3, 0.4) is 0 Å². The molecule has 40 heavy (non-hydrogen) atoms. The minimum absolute atomic E-state index is 0.112. The highest BCUT2D eigenvalue weighted by atomic mass is 16.7. The van der Waals surface area contributed by atoms with Gasteiger partial charge in [-0.25, -0.2) is 4.79 Å². The third-order valence-electron chi connectivity index (χ3n) is 8.73. The van der Waals surface area contributed by atoms with Crippen LogP contribution in [-0.4, -0.2) is 41.9 Å². The molecule has 2 atom stereocenters. The van der Waals surface area contributed by atoms with E-state index in [9.17, 15) is 4.79 Å². The van der Waals surface area contributed by atoms with E-state index in [0.29, 0.717) is 0 Å². The highest BCUT2D eigenvalue weighted by Crippen LogP contribution is 2.21. The van der Waals surface area contributed by atoms with Crippen molar-refractivity contribution in [2.75, 3.05) is 13.6 Å². The molecule has 0 aromatic heterocycles. The van der Waals surface area contributed by atoms with Crippen LogP contribution in [0.15, 0.2) is 24.3 Å². The van der Waals surface area contributed by atoms with Crippen LogP contribution in [0, 0.1) is 0 Å². The van der Waals surface area contributed by atoms with Crippen LogP contribution in [0.5, 0.6) is 0 Å². The number of likely N-dealkylation sites (tertiary alicyclic amines) is 1. The summed E-state index contributed by atoms with van der Waals surface area (Å²) in [6.07, 6.45) is 40.7. The molecule has 1 N–H and O–H groups in total. The van der Waals surface area contributed by atoms with E-state index >= 15 is 0 Å². The molecular formula is C36H67NO3. The van der Waals surface area contributed by atoms with Gasteiger partial charge in [-0.05, 0) is 90.6 Å². The summed E-state index contributed by atoms with van der Waals surface area (Å²) in [7, 11) is 2.29. The maximum absolute atomic E-state index is 11.1. The molecule has 0 amide bonds. The van der Waals surface area contributed by atoms with E-state index in [2.05, 4.69) is 43.2 Å². The minimum atomic E-state index is -1.11. The fraction of sp³-hybridized carbons (Fsp3) is 0.861. The summed E-state index contributed by atoms with van der Waals surface area (Å²) < 4.78 is 5.20. The zero-order valence-electron chi connectivity index (χ0n) is 26.8. The number of hydrogen-bond donors (Lipinski definition) is 1. The molecule has 2 unspecified atom stereocenters. The second-order valence-corrected chi connectivity index (χ2v) is 12.4. The van der Waals surface area contributed by atoms with Gasteiger partial charge >= 0.3 is 6.16 Å². The molecule has 1 heterocycles. The molecule has 0 aromatic carbocycles. The van der Waals surface area contributed by atoms with Gasteiger partial charge in [0.05, 0.1) is 0 Å². The van der Waals surface area contributed by atoms with Crippen LogP contribution >= 0.6 is 0 Å². The number of ether oxygens (including phenoxy) is 1. The average Bonchev–Trinajstić information content (AvgIpc) is 3.35. The van der Waals surface area contributed by atoms with Crippen molar-refractivity contribution >= 4 is 6.16 Å². The van der Waals surface area contributed by atoms with Gasteiger partial charge in [-0.1, -0.05) is 121 Å². The first-order valence-electron chi connectivity index (χ1n) is 17.5. The summed E-state index contributed by atoms with van der Waals surface area (Å²) in [6.45, 7) is 3.55. The first kappa shape index (κ1) is 36.7. The molecule has 1 fully saturated rings. The van der Waals surface area contributed by atoms with Gasteiger partial charge in [0.15, 0.2) is 0 Å². The predicted molar refractivity (Wildman–Crippen MR) is 173 cm³/mol. The molecule has 0 spiro atoms. The van der Waals surface area contributed by atoms with Crippen LogP contribution in [0.25, 0.3) is 0 Å². The Kier molecular flexibility index (Phi) is 25.6. The smallest absolute Gasteiger partial charge is 0.450 e. The number of allylic oxidation sites excluding steroid dienone is 4. The Balaban J connectivity index is 1.90. The van der Waals surface area contributed by atoms with Crippen LogP contribution in [0.4, 0.5) is 4.79 Å². The molecule has 0 aliphatic carbocycles. The second-order valence-electron chi connectivity index (χ2n) is 12.4. The Labute approximate surface area is 249 Å². The van der Waals surface area contributed by atoms with Crippen LogP contribution < -0.4 is 0 Å². The number of nitrogens with zero attached hydrogens (tertiary/aromatic N) is 1. The highest BCUT2D eigenvalue weighted by Gasteiger charge is 2.19. The minimum Gasteiger partial charge on any atom is -0.450 e. The fourth-order valence-corrected chi connectivity index (χ4v) is 6.10. The first-order chi connectivity index (χ1) is 19.6. The van der Waals surface area contributed by atoms with E-state index in [1.807, 2.05) is 0 Å². The maximum atomic E-state index is 11.1. The molecule has 1 aliphatic heterocycles. The Morgan fingerprint density at radius 1 is 0.750 bits per heavy atom. The number of carboxylic acid groups (broad SMARTS) is 1. The summed E-state index contributed by atoms with van der Waals surface area (Å²) >= 11 is 0. The number of hydrogen-bond acceptors (Lipinski definition) is 3. The normalized spacial score (nSPS) is 16.9. The summed E-state index contributed by atoms with van der Waals surface area (Å²) in [5.41, 5.74) is 0. The van der Waals surface area contributed by atoms with Crippen LogP contribution in [-0.2, 0) is 4.74 Å². The van der Waals surface area contributed by atoms with Crippen molar-refractivity contribution in [1.29, 1.82) is 0 Å². The fourth-order valence-electron chi connectivity index (χ4n) is 6.10. The molecule has 0 saturated carbocycles. The van der Waals surface area contributed by atoms with Crippen molar-refractivity contribution < 1.29 is 14.6 Å². The molecule has 1 aliphatic rings. The van der Waals surface area contributed by atoms with E-state index in [1.54, 1.807) is 0 Å². The van der Waals surface area contributed by atoms with Crippen molar-refractivity contribution in [2.45, 2.75) is 186 Å². The van der Waals surface area contributed by atoms with E-state index in [1.165, 1.54) is 141 Å². The summed E-state index contributed by atoms with van der Waals surface area (Å²) in [5.74, 6) is 0. The quantitative estimate of drug-likeness (QED) is 0.0586. The van der Waals surface area contributed by atoms with E-state index in [4.69, 9.17) is 9.84 Å². The lowest BCUT2D eigenvalue weighted by molar-refractivity contribution is 0.0422. The predicted octanol–water partition coefficient (Wildman–Crippen LogP) is 11.6. The van der Waals surface area contributed by atoms with Gasteiger partial charge < -0.3 is 14.7 Å². The zero-order chi connectivity index (χ0) is 28.9. The molecule has 4 heteroatoms. The van der Waals surface area contributed by atoms with Crippen molar-refractivity contribution in [1.82, 2.24) is 4.90 Å². The number of unbranched alkanes of at least 4 members (excludes halogenated alkanes) is 17. The van der Waals surface area contributed by atoms with Gasteiger partial charge in [0.1, 0.15) is 6.10 Å². The summed E-state index contributed by atoms with van der Waals surface area (Å²) in [5, 5.41) is 9.12. The van der Waals surface area contributed by atoms with Crippen molar-refractivity contribution in [3.8, 4) is 0 Å². The summed E-state index contributed by atoms with van der Waals surface area (Å²) in [4.78, 5) is 13.7. The van der Waals surface area contributed by atoms with E-state index < -0.39 is 6.16 Å². The van der Waals surface area contributed by atoms with Gasteiger partial charge in [0.2, 0.25) is 0 Å². The van der Waals surface area contributed by atoms with Crippen molar-refractivity contribution in [3.63, 3.8) is 0 Å². The van der Waals surface area contributed by atoms with Gasteiger partial charge in [0, 0.05) is 6.04 Å². The Hall–Kier alpha value is -1.29. The molecule has 0 radical (unpaired) electrons. The first-order valence-corrected chi connectivity index (χ1v) is 17.5. The van der Waals surface area contributed by atoms with Crippen LogP contribution in [0.2, 0.25) is 0 Å². The van der Waals surface area contributed by atoms with Gasteiger partial charge in [-0.15, -0.1) is 0 Å². The van der Waals surface area contributed by atoms with E-state index in [0.717, 1.165) is 38.1 Å². The van der Waals surface area contributed by atoms with Gasteiger partial charge in [0.25, 0.3) is 0 Å². The summed E-state index contributed by atoms with van der Waals surface area (Å²) in [6, 6.07) is 0.862. The maximum Gasteiger partial charge on any atom is 0.506 e. The lowest BCUT2D eigenvalue weighted by atomic mass is 10.0. The monoisotopic (exact) mass is 562 g/mol. The standard InChI is InChI=1S/C36H67NO3/c1-3-4-5-6-7-8-9-10-11-12-13-17-20-23-26-31-35(40-36(38)39)32-27-24-21-18-15-14-16-19-22-25-29-34-30-28-33-37(34)2/h7-8,10-11,34-35H,3-6,9,12-33H2,1-2H3,(H,38,39). The molecule has 1 rings (SSSR count). The van der Waals surface area contributed by atoms with Crippen LogP contribution in [0.1, 0.15) is 174 Å². The van der Waals surface area contributed by atoms with Gasteiger partial charge in [-0.2, -0.15) is 0 Å². The van der Waals surface area contributed by atoms with E-state index in [-0.39, 0.29) is 6.10 Å². The highest BCUT2D eigenvalue weighted by molar-refractivity contribution is 5.57. The second kappa shape index (κ2) is 27.9.